The number of hydrogen-bond donors (Lipinski definition) is 2. The van der Waals surface area contributed by atoms with E-state index in [0.717, 1.165) is 0 Å². The lowest BCUT2D eigenvalue weighted by Crippen LogP contribution is -2.47. The maximum Gasteiger partial charge on any atom is 0.288 e. The Balaban J connectivity index is 2.91. The van der Waals surface area contributed by atoms with Gasteiger partial charge in [0, 0.05) is 11.8 Å². The molecule has 1 rings (SSSR count). The van der Waals surface area contributed by atoms with E-state index in [-0.39, 0.29) is 16.6 Å². The fraction of sp³-hybridized carbons (Fsp3) is 0.364. The first-order valence-electron chi connectivity index (χ1n) is 5.22. The minimum Gasteiger partial charge on any atom is -0.324 e. The highest BCUT2D eigenvalue weighted by molar-refractivity contribution is 6.33. The first-order valence-corrected chi connectivity index (χ1v) is 5.60. The molecule has 0 aliphatic heterocycles. The van der Waals surface area contributed by atoms with Crippen LogP contribution >= 0.6 is 11.6 Å². The van der Waals surface area contributed by atoms with Crippen LogP contribution in [-0.2, 0) is 4.79 Å². The molecular weight excluding hydrogens is 258 g/mol. The molecule has 0 unspecified atom stereocenters. The highest BCUT2D eigenvalue weighted by Crippen LogP contribution is 2.27. The van der Waals surface area contributed by atoms with Crippen LogP contribution < -0.4 is 10.6 Å². The highest BCUT2D eigenvalue weighted by atomic mass is 35.5. The van der Waals surface area contributed by atoms with E-state index < -0.39 is 10.5 Å². The fourth-order valence-electron chi connectivity index (χ4n) is 1.13. The monoisotopic (exact) mass is 271 g/mol. The van der Waals surface area contributed by atoms with Crippen molar-refractivity contribution in [2.45, 2.75) is 19.4 Å². The van der Waals surface area contributed by atoms with Gasteiger partial charge in [-0.25, -0.2) is 0 Å². The van der Waals surface area contributed by atoms with Gasteiger partial charge in [0.05, 0.1) is 10.5 Å². The van der Waals surface area contributed by atoms with Crippen molar-refractivity contribution in [1.29, 1.82) is 0 Å². The van der Waals surface area contributed by atoms with Crippen molar-refractivity contribution in [2.24, 2.45) is 0 Å². The van der Waals surface area contributed by atoms with Crippen molar-refractivity contribution < 1.29 is 9.72 Å². The standard InChI is InChI=1S/C11H14ClN3O3/c1-11(2,13-3)10(16)14-7-4-5-9(15(17)18)8(12)6-7/h4-6,13H,1-3H3,(H,14,16). The van der Waals surface area contributed by atoms with Crippen molar-refractivity contribution in [3.63, 3.8) is 0 Å². The van der Waals surface area contributed by atoms with Gasteiger partial charge in [0.15, 0.2) is 0 Å². The largest absolute Gasteiger partial charge is 0.324 e. The third-order valence-electron chi connectivity index (χ3n) is 2.59. The summed E-state index contributed by atoms with van der Waals surface area (Å²) in [5.74, 6) is -0.255. The molecule has 0 bridgehead atoms. The number of hydrogen-bond acceptors (Lipinski definition) is 4. The summed E-state index contributed by atoms with van der Waals surface area (Å²) in [4.78, 5) is 21.9. The van der Waals surface area contributed by atoms with Crippen LogP contribution in [0.3, 0.4) is 0 Å². The van der Waals surface area contributed by atoms with Crippen molar-refractivity contribution in [1.82, 2.24) is 5.32 Å². The van der Waals surface area contributed by atoms with Gasteiger partial charge in [0.25, 0.3) is 5.69 Å². The van der Waals surface area contributed by atoms with E-state index in [1.54, 1.807) is 20.9 Å². The van der Waals surface area contributed by atoms with Gasteiger partial charge in [-0.15, -0.1) is 0 Å². The second-order valence-electron chi connectivity index (χ2n) is 4.25. The van der Waals surface area contributed by atoms with E-state index in [4.69, 9.17) is 11.6 Å². The Morgan fingerprint density at radius 3 is 2.50 bits per heavy atom. The molecule has 7 heteroatoms. The number of rotatable bonds is 4. The zero-order valence-electron chi connectivity index (χ0n) is 10.3. The first-order chi connectivity index (χ1) is 8.27. The molecule has 1 aromatic rings. The molecule has 6 nitrogen and oxygen atoms in total. The summed E-state index contributed by atoms with van der Waals surface area (Å²) in [5.41, 5.74) is -0.518. The lowest BCUT2D eigenvalue weighted by Gasteiger charge is -2.22. The summed E-state index contributed by atoms with van der Waals surface area (Å²) in [7, 11) is 1.67. The second-order valence-corrected chi connectivity index (χ2v) is 4.66. The Hall–Kier alpha value is -1.66. The summed E-state index contributed by atoms with van der Waals surface area (Å²) < 4.78 is 0. The summed E-state index contributed by atoms with van der Waals surface area (Å²) >= 11 is 5.75. The molecular formula is C11H14ClN3O3. The van der Waals surface area contributed by atoms with Crippen LogP contribution in [0.25, 0.3) is 0 Å². The molecule has 98 valence electrons. The van der Waals surface area contributed by atoms with Gasteiger partial charge in [-0.2, -0.15) is 0 Å². The van der Waals surface area contributed by atoms with Crippen molar-refractivity contribution >= 4 is 28.9 Å². The molecule has 0 saturated carbocycles. The number of nitro groups is 1. The molecule has 0 aliphatic carbocycles. The average Bonchev–Trinajstić information content (AvgIpc) is 2.28. The molecule has 0 aromatic heterocycles. The summed E-state index contributed by atoms with van der Waals surface area (Å²) in [5, 5.41) is 16.1. The molecule has 0 atom stereocenters. The lowest BCUT2D eigenvalue weighted by atomic mass is 10.1. The normalized spacial score (nSPS) is 11.1. The predicted molar refractivity (Wildman–Crippen MR) is 69.9 cm³/mol. The summed E-state index contributed by atoms with van der Waals surface area (Å²) in [6, 6.07) is 4.04. The van der Waals surface area contributed by atoms with Crippen LogP contribution in [0.5, 0.6) is 0 Å². The first kappa shape index (κ1) is 14.4. The predicted octanol–water partition coefficient (Wildman–Crippen LogP) is 2.18. The van der Waals surface area contributed by atoms with Crippen molar-refractivity contribution in [2.75, 3.05) is 12.4 Å². The molecule has 18 heavy (non-hydrogen) atoms. The van der Waals surface area contributed by atoms with Gasteiger partial charge in [0.1, 0.15) is 5.02 Å². The Morgan fingerprint density at radius 1 is 1.44 bits per heavy atom. The number of likely N-dealkylation sites (N-methyl/N-ethyl adjacent to an activating group) is 1. The molecule has 1 amide bonds. The molecule has 0 spiro atoms. The van der Waals surface area contributed by atoms with E-state index in [0.29, 0.717) is 5.69 Å². The minimum atomic E-state index is -0.742. The topological polar surface area (TPSA) is 84.3 Å². The van der Waals surface area contributed by atoms with Crippen LogP contribution in [0, 0.1) is 10.1 Å². The maximum atomic E-state index is 11.8. The molecule has 0 radical (unpaired) electrons. The van der Waals surface area contributed by atoms with E-state index in [2.05, 4.69) is 10.6 Å². The van der Waals surface area contributed by atoms with Crippen LogP contribution in [0.1, 0.15) is 13.8 Å². The minimum absolute atomic E-state index is 0.0138. The van der Waals surface area contributed by atoms with E-state index >= 15 is 0 Å². The summed E-state index contributed by atoms with van der Waals surface area (Å²) in [6.45, 7) is 3.44. The highest BCUT2D eigenvalue weighted by Gasteiger charge is 2.25. The van der Waals surface area contributed by atoms with Crippen LogP contribution in [0.4, 0.5) is 11.4 Å². The molecule has 0 heterocycles. The number of halogens is 1. The zero-order valence-corrected chi connectivity index (χ0v) is 11.0. The quantitative estimate of drug-likeness (QED) is 0.649. The lowest BCUT2D eigenvalue weighted by molar-refractivity contribution is -0.384. The van der Waals surface area contributed by atoms with E-state index in [1.807, 2.05) is 0 Å². The van der Waals surface area contributed by atoms with E-state index in [9.17, 15) is 14.9 Å². The zero-order chi connectivity index (χ0) is 13.9. The number of nitrogens with one attached hydrogen (secondary N) is 2. The van der Waals surface area contributed by atoms with Crippen molar-refractivity contribution in [3.8, 4) is 0 Å². The molecule has 1 aromatic carbocycles. The van der Waals surface area contributed by atoms with Crippen LogP contribution in [0.15, 0.2) is 18.2 Å². The van der Waals surface area contributed by atoms with Crippen molar-refractivity contribution in [3.05, 3.63) is 33.3 Å². The van der Waals surface area contributed by atoms with E-state index in [1.165, 1.54) is 18.2 Å². The Kier molecular flexibility index (Phi) is 4.26. The Labute approximate surface area is 109 Å². The molecule has 0 aliphatic rings. The third kappa shape index (κ3) is 3.18. The maximum absolute atomic E-state index is 11.8. The van der Waals surface area contributed by atoms with Gasteiger partial charge in [-0.1, -0.05) is 11.6 Å². The van der Waals surface area contributed by atoms with Crippen LogP contribution in [-0.4, -0.2) is 23.4 Å². The number of carbonyl (C=O) groups is 1. The third-order valence-corrected chi connectivity index (χ3v) is 2.90. The molecule has 2 N–H and O–H groups in total. The average molecular weight is 272 g/mol. The number of amides is 1. The SMILES string of the molecule is CNC(C)(C)C(=O)Nc1ccc([N+](=O)[O-])c(Cl)c1. The van der Waals surface area contributed by atoms with Gasteiger partial charge in [-0.3, -0.25) is 14.9 Å². The Morgan fingerprint density at radius 2 is 2.06 bits per heavy atom. The number of nitrogens with zero attached hydrogens (tertiary/aromatic N) is 1. The smallest absolute Gasteiger partial charge is 0.288 e. The number of carbonyl (C=O) groups excluding carboxylic acids is 1. The van der Waals surface area contributed by atoms with Gasteiger partial charge >= 0.3 is 0 Å². The number of benzene rings is 1. The fourth-order valence-corrected chi connectivity index (χ4v) is 1.38. The van der Waals surface area contributed by atoms with Gasteiger partial charge in [-0.05, 0) is 33.0 Å². The van der Waals surface area contributed by atoms with Crippen LogP contribution in [0.2, 0.25) is 5.02 Å². The van der Waals surface area contributed by atoms with Gasteiger partial charge in [0.2, 0.25) is 5.91 Å². The Bertz CT molecular complexity index is 488. The molecule has 0 fully saturated rings. The number of anilines is 1. The molecule has 0 saturated heterocycles. The van der Waals surface area contributed by atoms with Gasteiger partial charge < -0.3 is 10.6 Å². The summed E-state index contributed by atoms with van der Waals surface area (Å²) in [6.07, 6.45) is 0. The second kappa shape index (κ2) is 5.32. The number of nitro benzene ring substituents is 1.